The number of aromatic nitrogens is 1. The Morgan fingerprint density at radius 2 is 0.960 bits per heavy atom. The first-order valence-electron chi connectivity index (χ1n) is 8.10. The van der Waals surface area contributed by atoms with Gasteiger partial charge in [0.2, 0.25) is 0 Å². The summed E-state index contributed by atoms with van der Waals surface area (Å²) in [6, 6.07) is 16.7. The molecular weight excluding hydrogens is 346 g/mol. The predicted molar refractivity (Wildman–Crippen MR) is 100 cm³/mol. The molecule has 3 aromatic rings. The van der Waals surface area contributed by atoms with Crippen molar-refractivity contribution in [3.63, 3.8) is 0 Å². The van der Waals surface area contributed by atoms with Crippen molar-refractivity contribution in [3.05, 3.63) is 118 Å². The van der Waals surface area contributed by atoms with Crippen LogP contribution in [0.25, 0.3) is 21.8 Å². The molecule has 2 aromatic carbocycles. The third kappa shape index (κ3) is 4.07. The Bertz CT molecular complexity index is 755. The number of rotatable bonds is 1. The summed E-state index contributed by atoms with van der Waals surface area (Å²) >= 11 is 0. The van der Waals surface area contributed by atoms with Crippen molar-refractivity contribution in [2.75, 3.05) is 0 Å². The second-order valence-corrected chi connectivity index (χ2v) is 5.66. The van der Waals surface area contributed by atoms with Gasteiger partial charge < -0.3 is 0 Å². The normalized spacial score (nSPS) is 17.3. The van der Waals surface area contributed by atoms with Crippen LogP contribution in [0.2, 0.25) is 0 Å². The monoisotopic (exact) mass is 363 g/mol. The average molecular weight is 363 g/mol. The van der Waals surface area contributed by atoms with Gasteiger partial charge in [-0.15, -0.1) is 0 Å². The molecule has 2 fully saturated rings. The number of fused-ring (bicyclic) bond motifs is 2. The maximum absolute atomic E-state index is 4.75. The molecule has 25 heavy (non-hydrogen) atoms. The fraction of sp³-hybridized carbons (Fsp3) is 0. The molecule has 0 N–H and O–H groups in total. The predicted octanol–water partition coefficient (Wildman–Crippen LogP) is 5.16. The molecule has 1 nitrogen and oxygen atoms in total. The molecule has 0 aliphatic heterocycles. The van der Waals surface area contributed by atoms with E-state index in [-0.39, 0.29) is 17.1 Å². The van der Waals surface area contributed by atoms with E-state index in [1.165, 1.54) is 22.3 Å². The van der Waals surface area contributed by atoms with E-state index in [4.69, 9.17) is 4.98 Å². The van der Waals surface area contributed by atoms with Gasteiger partial charge in [-0.1, -0.05) is 36.4 Å². The van der Waals surface area contributed by atoms with E-state index >= 15 is 0 Å². The molecule has 0 amide bonds. The maximum atomic E-state index is 4.75. The zero-order chi connectivity index (χ0) is 16.2. The molecule has 2 saturated carbocycles. The van der Waals surface area contributed by atoms with Crippen molar-refractivity contribution in [2.24, 2.45) is 0 Å². The van der Waals surface area contributed by atoms with E-state index in [0.717, 1.165) is 11.0 Å². The van der Waals surface area contributed by atoms with Gasteiger partial charge in [0.1, 0.15) is 0 Å². The minimum atomic E-state index is 0. The zero-order valence-corrected chi connectivity index (χ0v) is 14.7. The van der Waals surface area contributed by atoms with Gasteiger partial charge in [0, 0.05) is 16.7 Å². The zero-order valence-electron chi connectivity index (χ0n) is 13.6. The molecule has 0 unspecified atom stereocenters. The van der Waals surface area contributed by atoms with Crippen LogP contribution >= 0.6 is 0 Å². The van der Waals surface area contributed by atoms with Crippen molar-refractivity contribution in [1.29, 1.82) is 0 Å². The van der Waals surface area contributed by atoms with Crippen molar-refractivity contribution >= 4 is 21.8 Å². The van der Waals surface area contributed by atoms with E-state index in [0.29, 0.717) is 0 Å². The molecule has 120 valence electrons. The molecule has 10 radical (unpaired) electrons. The van der Waals surface area contributed by atoms with Gasteiger partial charge >= 0.3 is 17.1 Å². The number of hydrogen-bond acceptors (Lipinski definition) is 1. The summed E-state index contributed by atoms with van der Waals surface area (Å²) in [4.78, 5) is 4.75. The first-order chi connectivity index (χ1) is 11.9. The topological polar surface area (TPSA) is 12.9 Å². The number of nitrogens with zero attached hydrogens (tertiary/aromatic N) is 1. The van der Waals surface area contributed by atoms with Crippen molar-refractivity contribution < 1.29 is 17.1 Å². The molecule has 0 bridgehead atoms. The number of para-hydroxylation sites is 2. The van der Waals surface area contributed by atoms with Crippen molar-refractivity contribution in [1.82, 2.24) is 4.98 Å². The fourth-order valence-electron chi connectivity index (χ4n) is 3.01. The summed E-state index contributed by atoms with van der Waals surface area (Å²) in [6.45, 7) is 0. The van der Waals surface area contributed by atoms with Crippen LogP contribution in [-0.2, 0) is 17.1 Å². The van der Waals surface area contributed by atoms with Crippen LogP contribution in [0.1, 0.15) is 5.56 Å². The first kappa shape index (κ1) is 18.4. The van der Waals surface area contributed by atoms with E-state index in [2.05, 4.69) is 62.1 Å². The summed E-state index contributed by atoms with van der Waals surface area (Å²) < 4.78 is 0. The molecule has 2 aliphatic carbocycles. The molecule has 1 aromatic heterocycles. The quantitative estimate of drug-likeness (QED) is 0.430. The molecule has 2 aliphatic rings. The molecule has 2 heteroatoms. The van der Waals surface area contributed by atoms with Crippen LogP contribution < -0.4 is 0 Å². The summed E-state index contributed by atoms with van der Waals surface area (Å²) in [6.07, 6.45) is 18.5. The Morgan fingerprint density at radius 1 is 0.520 bits per heavy atom. The minimum Gasteiger partial charge on any atom is -0.248 e. The van der Waals surface area contributed by atoms with Gasteiger partial charge in [-0.05, 0) is 75.5 Å². The number of pyridine rings is 1. The molecule has 0 spiro atoms. The summed E-state index contributed by atoms with van der Waals surface area (Å²) in [7, 11) is 0. The van der Waals surface area contributed by atoms with Crippen LogP contribution in [0, 0.1) is 63.7 Å². The smallest absolute Gasteiger partial charge is 0.248 e. The molecule has 5 rings (SSSR count). The fourth-order valence-corrected chi connectivity index (χ4v) is 3.01. The van der Waals surface area contributed by atoms with E-state index in [9.17, 15) is 0 Å². The number of benzene rings is 2. The molecule has 0 saturated heterocycles. The summed E-state index contributed by atoms with van der Waals surface area (Å²) in [5.74, 6) is 1.26. The van der Waals surface area contributed by atoms with Gasteiger partial charge in [-0.25, -0.2) is 4.98 Å². The Morgan fingerprint density at radius 3 is 1.44 bits per heavy atom. The van der Waals surface area contributed by atoms with E-state index in [1.807, 2.05) is 44.2 Å². The Labute approximate surface area is 161 Å². The van der Waals surface area contributed by atoms with E-state index in [1.54, 1.807) is 0 Å². The van der Waals surface area contributed by atoms with Crippen LogP contribution in [0.5, 0.6) is 0 Å². The molecule has 1 heterocycles. The standard InChI is InChI=1S/C18H12N.C5H5.Fe/c1-2-8-13(7-1)18-14-9-3-5-11-16(14)19-17-12-6-4-10-15(17)18;1-2-4-5-3-1;/h1-12H;1-5H;/q;;+2. The first-order valence-corrected chi connectivity index (χ1v) is 8.10. The van der Waals surface area contributed by atoms with Crippen molar-refractivity contribution in [3.8, 4) is 0 Å². The van der Waals surface area contributed by atoms with Gasteiger partial charge in [0.05, 0.1) is 11.0 Å². The average Bonchev–Trinajstić information content (AvgIpc) is 3.35. The number of hydrogen-bond donors (Lipinski definition) is 0. The second-order valence-electron chi connectivity index (χ2n) is 5.66. The summed E-state index contributed by atoms with van der Waals surface area (Å²) in [5.41, 5.74) is 3.39. The Kier molecular flexibility index (Phi) is 6.51. The van der Waals surface area contributed by atoms with Gasteiger partial charge in [-0.2, -0.15) is 0 Å². The van der Waals surface area contributed by atoms with Crippen LogP contribution in [0.4, 0.5) is 0 Å². The van der Waals surface area contributed by atoms with Gasteiger partial charge in [0.25, 0.3) is 0 Å². The minimum absolute atomic E-state index is 0. The molecule has 0 atom stereocenters. The van der Waals surface area contributed by atoms with Crippen LogP contribution in [-0.4, -0.2) is 4.98 Å². The largest absolute Gasteiger partial charge is 2.00 e. The van der Waals surface area contributed by atoms with Crippen LogP contribution in [0.3, 0.4) is 0 Å². The molecular formula is C23H17FeN+2. The van der Waals surface area contributed by atoms with Gasteiger partial charge in [-0.3, -0.25) is 0 Å². The SMILES string of the molecule is [CH]1[CH][CH][CH][CH]1.[CH]1[CH][CH][C](c2c3ccccc3nc3ccccc23)[CH]1.[Fe+2]. The Hall–Kier alpha value is -1.37. The summed E-state index contributed by atoms with van der Waals surface area (Å²) in [5, 5.41) is 2.43. The third-order valence-corrected chi connectivity index (χ3v) is 4.09. The maximum Gasteiger partial charge on any atom is 2.00 e. The van der Waals surface area contributed by atoms with E-state index < -0.39 is 0 Å². The van der Waals surface area contributed by atoms with Crippen molar-refractivity contribution in [2.45, 2.75) is 0 Å². The van der Waals surface area contributed by atoms with Crippen LogP contribution in [0.15, 0.2) is 48.5 Å². The third-order valence-electron chi connectivity index (χ3n) is 4.09. The Balaban J connectivity index is 0.000000264. The van der Waals surface area contributed by atoms with Gasteiger partial charge in [0.15, 0.2) is 0 Å². The second kappa shape index (κ2) is 8.83.